The molecule has 84 valence electrons. The van der Waals surface area contributed by atoms with Gasteiger partial charge in [-0.15, -0.1) is 0 Å². The molecule has 1 aromatic rings. The van der Waals surface area contributed by atoms with Gasteiger partial charge >= 0.3 is 0 Å². The molecule has 1 amide bonds. The predicted octanol–water partition coefficient (Wildman–Crippen LogP) is 1.07. The third-order valence-corrected chi connectivity index (χ3v) is 2.72. The summed E-state index contributed by atoms with van der Waals surface area (Å²) in [6, 6.07) is 4.98. The molecular weight excluding hydrogens is 206 g/mol. The molecule has 0 aromatic heterocycles. The van der Waals surface area contributed by atoms with Gasteiger partial charge in [-0.1, -0.05) is 12.1 Å². The Hall–Kier alpha value is -1.84. The van der Waals surface area contributed by atoms with Gasteiger partial charge in [0.1, 0.15) is 5.75 Å². The number of carbonyl (C=O) groups is 2. The predicted molar refractivity (Wildman–Crippen MR) is 58.6 cm³/mol. The van der Waals surface area contributed by atoms with E-state index in [2.05, 4.69) is 5.32 Å². The minimum absolute atomic E-state index is 0.0803. The molecule has 0 fully saturated rings. The number of nitrogens with one attached hydrogen (secondary N) is 1. The average Bonchev–Trinajstić information content (AvgIpc) is 2.43. The zero-order valence-corrected chi connectivity index (χ0v) is 9.03. The van der Waals surface area contributed by atoms with Gasteiger partial charge < -0.3 is 10.1 Å². The van der Waals surface area contributed by atoms with Crippen molar-refractivity contribution in [3.63, 3.8) is 0 Å². The highest BCUT2D eigenvalue weighted by Gasteiger charge is 2.26. The number of aryl methyl sites for hydroxylation is 1. The Balaban J connectivity index is 2.41. The Morgan fingerprint density at radius 3 is 3.06 bits per heavy atom. The summed E-state index contributed by atoms with van der Waals surface area (Å²) < 4.78 is 5.55. The lowest BCUT2D eigenvalue weighted by Crippen LogP contribution is -2.35. The Bertz CT molecular complexity index is 428. The highest BCUT2D eigenvalue weighted by atomic mass is 16.5. The second-order valence-electron chi connectivity index (χ2n) is 3.79. The molecule has 1 aromatic carbocycles. The number of hydrogen-bond donors (Lipinski definition) is 1. The number of carbonyl (C=O) groups excluding carboxylic acids is 2. The van der Waals surface area contributed by atoms with E-state index in [9.17, 15) is 9.59 Å². The summed E-state index contributed by atoms with van der Waals surface area (Å²) in [5, 5.41) is 2.52. The van der Waals surface area contributed by atoms with Crippen LogP contribution in [-0.2, 0) is 4.79 Å². The topological polar surface area (TPSA) is 55.4 Å². The molecule has 0 spiro atoms. The molecule has 1 N–H and O–H groups in total. The Morgan fingerprint density at radius 1 is 1.50 bits per heavy atom. The summed E-state index contributed by atoms with van der Waals surface area (Å²) in [5.74, 6) is 0.561. The zero-order valence-electron chi connectivity index (χ0n) is 9.03. The molecule has 4 heteroatoms. The number of benzene rings is 1. The largest absolute Gasteiger partial charge is 0.492 e. The van der Waals surface area contributed by atoms with Crippen LogP contribution in [0.15, 0.2) is 18.2 Å². The van der Waals surface area contributed by atoms with Crippen LogP contribution in [0.3, 0.4) is 0 Å². The van der Waals surface area contributed by atoms with Crippen molar-refractivity contribution in [1.29, 1.82) is 0 Å². The zero-order chi connectivity index (χ0) is 11.5. The number of Topliss-reactive ketones (excluding diaryl/α,β-unsaturated/α-hetero) is 1. The Labute approximate surface area is 93.6 Å². The lowest BCUT2D eigenvalue weighted by Gasteiger charge is -2.10. The van der Waals surface area contributed by atoms with Crippen LogP contribution in [0.25, 0.3) is 0 Å². The van der Waals surface area contributed by atoms with Crippen molar-refractivity contribution in [3.8, 4) is 5.75 Å². The molecule has 0 bridgehead atoms. The maximum absolute atomic E-state index is 12.1. The number of amides is 1. The number of ether oxygens (including phenoxy) is 1. The number of para-hydroxylation sites is 1. The molecule has 0 saturated carbocycles. The molecule has 1 heterocycles. The first-order valence-electron chi connectivity index (χ1n) is 5.20. The molecule has 1 atom stereocenters. The Kier molecular flexibility index (Phi) is 2.90. The van der Waals surface area contributed by atoms with E-state index in [0.29, 0.717) is 30.8 Å². The van der Waals surface area contributed by atoms with Crippen molar-refractivity contribution in [2.45, 2.75) is 19.4 Å². The van der Waals surface area contributed by atoms with Crippen LogP contribution >= 0.6 is 0 Å². The van der Waals surface area contributed by atoms with Crippen molar-refractivity contribution in [2.75, 3.05) is 6.61 Å². The van der Waals surface area contributed by atoms with E-state index in [-0.39, 0.29) is 5.78 Å². The van der Waals surface area contributed by atoms with Crippen LogP contribution < -0.4 is 10.1 Å². The average molecular weight is 219 g/mol. The minimum atomic E-state index is -0.472. The fraction of sp³-hybridized carbons (Fsp3) is 0.333. The molecule has 0 saturated heterocycles. The molecular formula is C12H13NO3. The molecule has 0 aliphatic carbocycles. The fourth-order valence-electron chi connectivity index (χ4n) is 1.88. The third-order valence-electron chi connectivity index (χ3n) is 2.72. The number of ketones is 1. The second-order valence-corrected chi connectivity index (χ2v) is 3.79. The number of rotatable bonds is 2. The van der Waals surface area contributed by atoms with Crippen LogP contribution in [0.2, 0.25) is 0 Å². The standard InChI is InChI=1S/C12H13NO3/c1-8-3-2-4-9-11(15)10(13-7-14)5-6-16-12(8)9/h2-4,7,10H,5-6H2,1H3,(H,13,14). The van der Waals surface area contributed by atoms with E-state index in [1.165, 1.54) is 0 Å². The normalized spacial score (nSPS) is 19.3. The summed E-state index contributed by atoms with van der Waals surface area (Å²) in [7, 11) is 0. The number of hydrogen-bond acceptors (Lipinski definition) is 3. The SMILES string of the molecule is Cc1cccc2c1OCCC(NC=O)C2=O. The third kappa shape index (κ3) is 1.78. The van der Waals surface area contributed by atoms with E-state index in [0.717, 1.165) is 5.56 Å². The van der Waals surface area contributed by atoms with Gasteiger partial charge in [-0.2, -0.15) is 0 Å². The van der Waals surface area contributed by atoms with Crippen molar-refractivity contribution in [3.05, 3.63) is 29.3 Å². The summed E-state index contributed by atoms with van der Waals surface area (Å²) in [5.41, 5.74) is 1.49. The van der Waals surface area contributed by atoms with Gasteiger partial charge in [0.15, 0.2) is 5.78 Å². The molecule has 16 heavy (non-hydrogen) atoms. The first-order valence-corrected chi connectivity index (χ1v) is 5.20. The van der Waals surface area contributed by atoms with Crippen LogP contribution in [0.1, 0.15) is 22.3 Å². The van der Waals surface area contributed by atoms with Crippen molar-refractivity contribution in [2.24, 2.45) is 0 Å². The van der Waals surface area contributed by atoms with Crippen molar-refractivity contribution >= 4 is 12.2 Å². The first kappa shape index (κ1) is 10.7. The second kappa shape index (κ2) is 4.35. The molecule has 1 unspecified atom stereocenters. The van der Waals surface area contributed by atoms with Crippen LogP contribution in [0, 0.1) is 6.92 Å². The van der Waals surface area contributed by atoms with Crippen molar-refractivity contribution < 1.29 is 14.3 Å². The minimum Gasteiger partial charge on any atom is -0.492 e. The van der Waals surface area contributed by atoms with E-state index in [4.69, 9.17) is 4.74 Å². The Morgan fingerprint density at radius 2 is 2.31 bits per heavy atom. The lowest BCUT2D eigenvalue weighted by molar-refractivity contribution is -0.110. The molecule has 4 nitrogen and oxygen atoms in total. The molecule has 1 aliphatic heterocycles. The van der Waals surface area contributed by atoms with E-state index in [1.54, 1.807) is 6.07 Å². The molecule has 1 aliphatic rings. The van der Waals surface area contributed by atoms with Gasteiger partial charge in [0, 0.05) is 6.42 Å². The van der Waals surface area contributed by atoms with E-state index in [1.807, 2.05) is 19.1 Å². The lowest BCUT2D eigenvalue weighted by atomic mass is 10.0. The van der Waals surface area contributed by atoms with Crippen LogP contribution in [0.5, 0.6) is 5.75 Å². The van der Waals surface area contributed by atoms with Gasteiger partial charge in [0.05, 0.1) is 18.2 Å². The maximum Gasteiger partial charge on any atom is 0.207 e. The summed E-state index contributed by atoms with van der Waals surface area (Å²) in [6.07, 6.45) is 1.06. The first-order chi connectivity index (χ1) is 7.74. The highest BCUT2D eigenvalue weighted by Crippen LogP contribution is 2.27. The van der Waals surface area contributed by atoms with Crippen LogP contribution in [-0.4, -0.2) is 24.8 Å². The summed E-state index contributed by atoms with van der Waals surface area (Å²) >= 11 is 0. The monoisotopic (exact) mass is 219 g/mol. The highest BCUT2D eigenvalue weighted by molar-refractivity contribution is 6.03. The van der Waals surface area contributed by atoms with Gasteiger partial charge in [0.2, 0.25) is 6.41 Å². The smallest absolute Gasteiger partial charge is 0.207 e. The summed E-state index contributed by atoms with van der Waals surface area (Å²) in [6.45, 7) is 2.34. The van der Waals surface area contributed by atoms with Gasteiger partial charge in [-0.05, 0) is 18.6 Å². The quantitative estimate of drug-likeness (QED) is 0.757. The van der Waals surface area contributed by atoms with Crippen LogP contribution in [0.4, 0.5) is 0 Å². The van der Waals surface area contributed by atoms with Crippen molar-refractivity contribution in [1.82, 2.24) is 5.32 Å². The fourth-order valence-corrected chi connectivity index (χ4v) is 1.88. The molecule has 2 rings (SSSR count). The van der Waals surface area contributed by atoms with E-state index < -0.39 is 6.04 Å². The molecule has 0 radical (unpaired) electrons. The van der Waals surface area contributed by atoms with Gasteiger partial charge in [-0.3, -0.25) is 9.59 Å². The van der Waals surface area contributed by atoms with Gasteiger partial charge in [0.25, 0.3) is 0 Å². The summed E-state index contributed by atoms with van der Waals surface area (Å²) in [4.78, 5) is 22.5. The maximum atomic E-state index is 12.1. The van der Waals surface area contributed by atoms with Gasteiger partial charge in [-0.25, -0.2) is 0 Å². The number of fused-ring (bicyclic) bond motifs is 1. The van der Waals surface area contributed by atoms with E-state index >= 15 is 0 Å².